The average molecular weight is 378 g/mol. The predicted octanol–water partition coefficient (Wildman–Crippen LogP) is 1.35. The van der Waals surface area contributed by atoms with E-state index in [1.165, 1.54) is 16.7 Å². The van der Waals surface area contributed by atoms with Gasteiger partial charge in [0.1, 0.15) is 0 Å². The van der Waals surface area contributed by atoms with Crippen molar-refractivity contribution < 1.29 is 9.53 Å². The molecule has 3 atom stereocenters. The molecule has 1 aromatic heterocycles. The summed E-state index contributed by atoms with van der Waals surface area (Å²) >= 11 is 0. The number of morpholine rings is 1. The van der Waals surface area contributed by atoms with Gasteiger partial charge in [-0.3, -0.25) is 14.7 Å². The second-order valence-electron chi connectivity index (χ2n) is 7.95. The molecule has 4 saturated heterocycles. The van der Waals surface area contributed by atoms with Crippen molar-refractivity contribution in [3.8, 4) is 11.1 Å². The van der Waals surface area contributed by atoms with Crippen LogP contribution in [-0.2, 0) is 9.53 Å². The Morgan fingerprint density at radius 3 is 2.32 bits per heavy atom. The van der Waals surface area contributed by atoms with Gasteiger partial charge in [0.25, 0.3) is 0 Å². The highest BCUT2D eigenvalue weighted by molar-refractivity contribution is 5.79. The standard InChI is InChI=1S/C22H26N4O2/c27-21(15-25-9-11-28-12-10-25)26-13-19-22(20(14-26)24-19)18-3-1-16(2-4-18)17-5-7-23-8-6-17/h1-8,19-20,22,24H,9-15H2/t19-,20+,22?. The largest absolute Gasteiger partial charge is 0.379 e. The molecule has 1 N–H and O–H groups in total. The highest BCUT2D eigenvalue weighted by Gasteiger charge is 2.48. The number of piperidine rings is 1. The van der Waals surface area contributed by atoms with Crippen LogP contribution in [0.25, 0.3) is 11.1 Å². The summed E-state index contributed by atoms with van der Waals surface area (Å²) in [6.07, 6.45) is 3.65. The van der Waals surface area contributed by atoms with Crippen LogP contribution in [0.2, 0.25) is 0 Å². The molecule has 1 unspecified atom stereocenters. The zero-order valence-corrected chi connectivity index (χ0v) is 16.0. The van der Waals surface area contributed by atoms with E-state index in [2.05, 4.69) is 39.5 Å². The van der Waals surface area contributed by atoms with Gasteiger partial charge in [-0.05, 0) is 28.8 Å². The van der Waals surface area contributed by atoms with Crippen molar-refractivity contribution >= 4 is 5.91 Å². The summed E-state index contributed by atoms with van der Waals surface area (Å²) < 4.78 is 5.37. The lowest BCUT2D eigenvalue weighted by molar-refractivity contribution is -0.138. The lowest BCUT2D eigenvalue weighted by Gasteiger charge is -2.55. The number of pyridine rings is 1. The summed E-state index contributed by atoms with van der Waals surface area (Å²) in [5.74, 6) is 0.754. The summed E-state index contributed by atoms with van der Waals surface area (Å²) in [6, 6.07) is 13.7. The van der Waals surface area contributed by atoms with E-state index in [0.29, 0.717) is 24.5 Å². The quantitative estimate of drug-likeness (QED) is 0.870. The van der Waals surface area contributed by atoms with Gasteiger partial charge >= 0.3 is 0 Å². The predicted molar refractivity (Wildman–Crippen MR) is 107 cm³/mol. The van der Waals surface area contributed by atoms with Crippen LogP contribution in [-0.4, -0.2) is 78.7 Å². The number of carbonyl (C=O) groups excluding carboxylic acids is 1. The molecule has 0 radical (unpaired) electrons. The van der Waals surface area contributed by atoms with Crippen molar-refractivity contribution in [3.05, 3.63) is 54.4 Å². The van der Waals surface area contributed by atoms with Crippen molar-refractivity contribution in [2.24, 2.45) is 0 Å². The summed E-state index contributed by atoms with van der Waals surface area (Å²) in [4.78, 5) is 21.0. The first kappa shape index (κ1) is 17.8. The van der Waals surface area contributed by atoms with Crippen LogP contribution in [0.4, 0.5) is 0 Å². The number of nitrogens with one attached hydrogen (secondary N) is 1. The second kappa shape index (κ2) is 7.62. The van der Waals surface area contributed by atoms with Crippen molar-refractivity contribution in [1.29, 1.82) is 0 Å². The number of hydrogen-bond acceptors (Lipinski definition) is 5. The highest BCUT2D eigenvalue weighted by Crippen LogP contribution is 2.37. The SMILES string of the molecule is O=C(CN1CCOCC1)N1C[C@@H]2N[C@H](C1)C2c1ccc(-c2ccncc2)cc1. The molecule has 4 aliphatic heterocycles. The molecule has 1 amide bonds. The molecule has 6 heteroatoms. The van der Waals surface area contributed by atoms with E-state index in [0.717, 1.165) is 39.4 Å². The van der Waals surface area contributed by atoms with Gasteiger partial charge in [0.05, 0.1) is 19.8 Å². The van der Waals surface area contributed by atoms with Gasteiger partial charge in [-0.1, -0.05) is 24.3 Å². The summed E-state index contributed by atoms with van der Waals surface area (Å²) in [7, 11) is 0. The Balaban J connectivity index is 1.21. The number of aromatic nitrogens is 1. The maximum Gasteiger partial charge on any atom is 0.236 e. The highest BCUT2D eigenvalue weighted by atomic mass is 16.5. The molecule has 6 rings (SSSR count). The molecule has 0 saturated carbocycles. The van der Waals surface area contributed by atoms with Crippen LogP contribution in [0.15, 0.2) is 48.8 Å². The lowest BCUT2D eigenvalue weighted by Crippen LogP contribution is -2.72. The fourth-order valence-electron chi connectivity index (χ4n) is 4.69. The first-order chi connectivity index (χ1) is 13.8. The molecule has 146 valence electrons. The first-order valence-corrected chi connectivity index (χ1v) is 10.1. The molecule has 6 nitrogen and oxygen atoms in total. The van der Waals surface area contributed by atoms with Crippen molar-refractivity contribution in [3.63, 3.8) is 0 Å². The zero-order chi connectivity index (χ0) is 18.9. The van der Waals surface area contributed by atoms with Crippen molar-refractivity contribution in [2.75, 3.05) is 45.9 Å². The number of rotatable bonds is 4. The van der Waals surface area contributed by atoms with Crippen molar-refractivity contribution in [1.82, 2.24) is 20.1 Å². The maximum absolute atomic E-state index is 12.7. The Morgan fingerprint density at radius 2 is 1.64 bits per heavy atom. The van der Waals surface area contributed by atoms with E-state index in [9.17, 15) is 4.79 Å². The number of nitrogens with zero attached hydrogens (tertiary/aromatic N) is 3. The number of benzene rings is 1. The Bertz CT molecular complexity index is 808. The lowest BCUT2D eigenvalue weighted by atomic mass is 9.74. The van der Waals surface area contributed by atoms with Crippen LogP contribution >= 0.6 is 0 Å². The van der Waals surface area contributed by atoms with Gasteiger partial charge in [0.2, 0.25) is 5.91 Å². The average Bonchev–Trinajstić information content (AvgIpc) is 2.76. The molecule has 2 bridgehead atoms. The molecule has 0 spiro atoms. The topological polar surface area (TPSA) is 57.7 Å². The molecule has 28 heavy (non-hydrogen) atoms. The Hall–Kier alpha value is -2.28. The van der Waals surface area contributed by atoms with Gasteiger partial charge in [-0.25, -0.2) is 0 Å². The molecule has 5 heterocycles. The van der Waals surface area contributed by atoms with E-state index in [-0.39, 0.29) is 5.91 Å². The molecule has 4 fully saturated rings. The minimum absolute atomic E-state index is 0.255. The van der Waals surface area contributed by atoms with Crippen LogP contribution in [0.1, 0.15) is 11.5 Å². The van der Waals surface area contributed by atoms with Gasteiger partial charge in [-0.2, -0.15) is 0 Å². The third-order valence-corrected chi connectivity index (χ3v) is 6.25. The normalized spacial score (nSPS) is 27.3. The minimum Gasteiger partial charge on any atom is -0.379 e. The van der Waals surface area contributed by atoms with E-state index in [4.69, 9.17) is 4.74 Å². The molecule has 0 aliphatic carbocycles. The minimum atomic E-state index is 0.255. The van der Waals surface area contributed by atoms with E-state index < -0.39 is 0 Å². The van der Waals surface area contributed by atoms with Gasteiger partial charge in [0.15, 0.2) is 0 Å². The van der Waals surface area contributed by atoms with E-state index in [1.807, 2.05) is 29.4 Å². The number of amides is 1. The smallest absolute Gasteiger partial charge is 0.236 e. The first-order valence-electron chi connectivity index (χ1n) is 10.1. The molecule has 4 aliphatic rings. The van der Waals surface area contributed by atoms with Crippen molar-refractivity contribution in [2.45, 2.75) is 18.0 Å². The van der Waals surface area contributed by atoms with Gasteiger partial charge in [-0.15, -0.1) is 0 Å². The number of hydrogen-bond donors (Lipinski definition) is 1. The summed E-state index contributed by atoms with van der Waals surface area (Å²) in [5.41, 5.74) is 3.77. The summed E-state index contributed by atoms with van der Waals surface area (Å²) in [5, 5.41) is 3.63. The summed E-state index contributed by atoms with van der Waals surface area (Å²) in [6.45, 7) is 5.31. The Morgan fingerprint density at radius 1 is 1.00 bits per heavy atom. The monoisotopic (exact) mass is 378 g/mol. The number of ether oxygens (including phenoxy) is 1. The van der Waals surface area contributed by atoms with Crippen LogP contribution in [0.3, 0.4) is 0 Å². The Labute approximate surface area is 165 Å². The van der Waals surface area contributed by atoms with Crippen LogP contribution in [0.5, 0.6) is 0 Å². The fraction of sp³-hybridized carbons (Fsp3) is 0.455. The van der Waals surface area contributed by atoms with E-state index >= 15 is 0 Å². The molecular weight excluding hydrogens is 352 g/mol. The van der Waals surface area contributed by atoms with Gasteiger partial charge < -0.3 is 15.0 Å². The molecule has 2 aromatic rings. The zero-order valence-electron chi connectivity index (χ0n) is 16.0. The van der Waals surface area contributed by atoms with Crippen LogP contribution < -0.4 is 5.32 Å². The third kappa shape index (κ3) is 3.43. The van der Waals surface area contributed by atoms with Crippen LogP contribution in [0, 0.1) is 0 Å². The Kier molecular flexibility index (Phi) is 4.84. The third-order valence-electron chi connectivity index (χ3n) is 6.25. The second-order valence-corrected chi connectivity index (χ2v) is 7.95. The number of piperazine rings is 1. The number of carbonyl (C=O) groups is 1. The van der Waals surface area contributed by atoms with E-state index in [1.54, 1.807) is 0 Å². The maximum atomic E-state index is 12.7. The fourth-order valence-corrected chi connectivity index (χ4v) is 4.69. The number of fused-ring (bicyclic) bond motifs is 2. The molecule has 1 aromatic carbocycles. The van der Waals surface area contributed by atoms with Gasteiger partial charge in [0, 0.05) is 56.6 Å². The molecular formula is C22H26N4O2.